The number of rotatable bonds is 8. The molecule has 3 aromatic rings. The van der Waals surface area contributed by atoms with Crippen LogP contribution in [0.5, 0.6) is 5.75 Å². The van der Waals surface area contributed by atoms with Crippen molar-refractivity contribution in [3.8, 4) is 17.1 Å². The van der Waals surface area contributed by atoms with Crippen molar-refractivity contribution in [1.82, 2.24) is 0 Å². The summed E-state index contributed by atoms with van der Waals surface area (Å²) in [4.78, 5) is 23.3. The zero-order valence-electron chi connectivity index (χ0n) is 16.8. The highest BCUT2D eigenvalue weighted by Gasteiger charge is 2.34. The minimum Gasteiger partial charge on any atom is -0.490 e. The Morgan fingerprint density at radius 3 is 2.62 bits per heavy atom. The Morgan fingerprint density at radius 2 is 1.94 bits per heavy atom. The molecule has 4 rings (SSSR count). The van der Waals surface area contributed by atoms with Gasteiger partial charge in [-0.3, -0.25) is 9.59 Å². The van der Waals surface area contributed by atoms with Gasteiger partial charge in [-0.1, -0.05) is 29.3 Å². The van der Waals surface area contributed by atoms with Crippen molar-refractivity contribution >= 4 is 40.1 Å². The lowest BCUT2D eigenvalue weighted by molar-refractivity contribution is -0.151. The summed E-state index contributed by atoms with van der Waals surface area (Å²) in [6.45, 7) is -0.213. The van der Waals surface area contributed by atoms with Gasteiger partial charge in [-0.2, -0.15) is 0 Å². The van der Waals surface area contributed by atoms with E-state index in [4.69, 9.17) is 42.2 Å². The normalized spacial score (nSPS) is 17.8. The molecule has 0 bridgehead atoms. The fourth-order valence-corrected chi connectivity index (χ4v) is 4.00. The predicted octanol–water partition coefficient (Wildman–Crippen LogP) is 5.49. The minimum atomic E-state index is -0.791. The molecular weight excluding hydrogens is 462 g/mol. The number of alkyl halides is 1. The van der Waals surface area contributed by atoms with E-state index < -0.39 is 12.6 Å². The highest BCUT2D eigenvalue weighted by Crippen LogP contribution is 2.34. The lowest BCUT2D eigenvalue weighted by atomic mass is 9.82. The molecule has 1 saturated carbocycles. The molecule has 32 heavy (non-hydrogen) atoms. The summed E-state index contributed by atoms with van der Waals surface area (Å²) in [5.41, 5.74) is 0.597. The van der Waals surface area contributed by atoms with Gasteiger partial charge in [0.05, 0.1) is 34.1 Å². The van der Waals surface area contributed by atoms with Crippen LogP contribution in [0.15, 0.2) is 45.6 Å². The van der Waals surface area contributed by atoms with Gasteiger partial charge < -0.3 is 19.0 Å². The maximum absolute atomic E-state index is 13.1. The number of carbonyl (C=O) groups is 1. The molecule has 0 aliphatic heterocycles. The van der Waals surface area contributed by atoms with E-state index >= 15 is 0 Å². The van der Waals surface area contributed by atoms with Crippen molar-refractivity contribution in [2.45, 2.75) is 25.6 Å². The van der Waals surface area contributed by atoms with Crippen LogP contribution in [0.3, 0.4) is 0 Å². The van der Waals surface area contributed by atoms with Crippen LogP contribution in [-0.2, 0) is 16.2 Å². The lowest BCUT2D eigenvalue weighted by Gasteiger charge is -2.31. The summed E-state index contributed by atoms with van der Waals surface area (Å²) >= 11 is 12.5. The third kappa shape index (κ3) is 4.60. The zero-order chi connectivity index (χ0) is 22.8. The van der Waals surface area contributed by atoms with Crippen LogP contribution >= 0.6 is 23.2 Å². The molecule has 0 saturated heterocycles. The van der Waals surface area contributed by atoms with Gasteiger partial charge >= 0.3 is 5.97 Å². The number of hydrogen-bond acceptors (Lipinski definition) is 5. The van der Waals surface area contributed by atoms with E-state index in [0.29, 0.717) is 35.8 Å². The molecule has 1 fully saturated rings. The van der Waals surface area contributed by atoms with E-state index in [9.17, 15) is 14.0 Å². The summed E-state index contributed by atoms with van der Waals surface area (Å²) in [6, 6.07) is 9.20. The Balaban J connectivity index is 1.44. The average molecular weight is 481 g/mol. The van der Waals surface area contributed by atoms with Crippen LogP contribution in [0.1, 0.15) is 18.4 Å². The van der Waals surface area contributed by atoms with Crippen LogP contribution in [0.25, 0.3) is 22.3 Å². The first-order valence-electron chi connectivity index (χ1n) is 9.95. The first kappa shape index (κ1) is 22.6. The van der Waals surface area contributed by atoms with E-state index in [0.717, 1.165) is 0 Å². The smallest absolute Gasteiger partial charge is 0.306 e. The first-order valence-corrected chi connectivity index (χ1v) is 10.7. The summed E-state index contributed by atoms with van der Waals surface area (Å²) in [7, 11) is 0. The van der Waals surface area contributed by atoms with Crippen molar-refractivity contribution in [2.75, 3.05) is 13.2 Å². The highest BCUT2D eigenvalue weighted by molar-refractivity contribution is 6.35. The number of carboxylic acids is 1. The largest absolute Gasteiger partial charge is 0.490 e. The summed E-state index contributed by atoms with van der Waals surface area (Å²) in [5, 5.41) is 9.51. The zero-order valence-corrected chi connectivity index (χ0v) is 18.3. The van der Waals surface area contributed by atoms with Crippen LogP contribution < -0.4 is 10.2 Å². The molecule has 0 spiro atoms. The van der Waals surface area contributed by atoms with Gasteiger partial charge in [-0.15, -0.1) is 0 Å². The van der Waals surface area contributed by atoms with Gasteiger partial charge in [-0.05, 0) is 37.1 Å². The topological polar surface area (TPSA) is 86.0 Å². The summed E-state index contributed by atoms with van der Waals surface area (Å²) in [5.74, 6) is -0.441. The van der Waals surface area contributed by atoms with Gasteiger partial charge in [0, 0.05) is 17.2 Å². The number of hydrogen-bond donors (Lipinski definition) is 1. The molecule has 0 radical (unpaired) electrons. The molecule has 0 unspecified atom stereocenters. The van der Waals surface area contributed by atoms with E-state index in [1.165, 1.54) is 18.2 Å². The van der Waals surface area contributed by atoms with Crippen LogP contribution in [0.2, 0.25) is 10.0 Å². The molecule has 1 aromatic heterocycles. The Morgan fingerprint density at radius 1 is 1.16 bits per heavy atom. The molecule has 0 atom stereocenters. The standard InChI is InChI=1S/C23H19Cl2FO6/c24-17-9-12(2-4-19(17)31-6-5-30-15-7-14(8-15)23(28)29)20-10-18(27)16-3-1-13(11-26)21(25)22(16)32-20/h1-4,9-10,14-15H,5-8,11H2,(H,28,29). The molecule has 0 amide bonds. The molecule has 1 aliphatic rings. The Kier molecular flexibility index (Phi) is 6.69. The van der Waals surface area contributed by atoms with Gasteiger partial charge in [0.15, 0.2) is 11.0 Å². The predicted molar refractivity (Wildman–Crippen MR) is 118 cm³/mol. The van der Waals surface area contributed by atoms with Gasteiger partial charge in [-0.25, -0.2) is 4.39 Å². The molecule has 2 aromatic carbocycles. The maximum atomic E-state index is 13.1. The number of aliphatic carboxylic acids is 1. The van der Waals surface area contributed by atoms with Crippen LogP contribution in [0, 0.1) is 5.92 Å². The van der Waals surface area contributed by atoms with Crippen molar-refractivity contribution in [2.24, 2.45) is 5.92 Å². The monoisotopic (exact) mass is 480 g/mol. The number of ether oxygens (including phenoxy) is 2. The molecule has 1 heterocycles. The fraction of sp³-hybridized carbons (Fsp3) is 0.304. The fourth-order valence-electron chi connectivity index (χ4n) is 3.51. The quantitative estimate of drug-likeness (QED) is 0.428. The number of carboxylic acid groups (broad SMARTS) is 1. The average Bonchev–Trinajstić information content (AvgIpc) is 2.73. The molecule has 1 aliphatic carbocycles. The second-order valence-corrected chi connectivity index (χ2v) is 8.30. The van der Waals surface area contributed by atoms with Crippen molar-refractivity contribution in [3.05, 3.63) is 62.2 Å². The van der Waals surface area contributed by atoms with Crippen molar-refractivity contribution < 1.29 is 28.2 Å². The minimum absolute atomic E-state index is 0.0573. The Labute approximate surface area is 192 Å². The molecule has 6 nitrogen and oxygen atoms in total. The van der Waals surface area contributed by atoms with Gasteiger partial charge in [0.2, 0.25) is 0 Å². The Hall–Kier alpha value is -2.61. The third-order valence-corrected chi connectivity index (χ3v) is 6.13. The Bertz CT molecular complexity index is 1220. The third-order valence-electron chi connectivity index (χ3n) is 5.42. The van der Waals surface area contributed by atoms with Gasteiger partial charge in [0.1, 0.15) is 24.8 Å². The molecular formula is C23H19Cl2FO6. The molecule has 9 heteroatoms. The maximum Gasteiger partial charge on any atom is 0.306 e. The highest BCUT2D eigenvalue weighted by atomic mass is 35.5. The second kappa shape index (κ2) is 9.48. The van der Waals surface area contributed by atoms with Crippen LogP contribution in [0.4, 0.5) is 4.39 Å². The molecule has 1 N–H and O–H groups in total. The molecule has 168 valence electrons. The van der Waals surface area contributed by atoms with E-state index in [1.807, 2.05) is 0 Å². The van der Waals surface area contributed by atoms with E-state index in [-0.39, 0.29) is 51.4 Å². The first-order chi connectivity index (χ1) is 15.4. The van der Waals surface area contributed by atoms with Crippen molar-refractivity contribution in [3.63, 3.8) is 0 Å². The second-order valence-electron chi connectivity index (χ2n) is 7.52. The lowest BCUT2D eigenvalue weighted by Crippen LogP contribution is -2.37. The summed E-state index contributed by atoms with van der Waals surface area (Å²) < 4.78 is 30.1. The summed E-state index contributed by atoms with van der Waals surface area (Å²) in [6.07, 6.45) is 0.968. The van der Waals surface area contributed by atoms with Crippen LogP contribution in [-0.4, -0.2) is 30.4 Å². The number of halogens is 3. The SMILES string of the molecule is O=C(O)C1CC(OCCOc2ccc(-c3cc(=O)c4ccc(CF)c(Cl)c4o3)cc2Cl)C1. The van der Waals surface area contributed by atoms with Gasteiger partial charge in [0.25, 0.3) is 0 Å². The number of fused-ring (bicyclic) bond motifs is 1. The number of benzene rings is 2. The van der Waals surface area contributed by atoms with Crippen molar-refractivity contribution in [1.29, 1.82) is 0 Å². The van der Waals surface area contributed by atoms with E-state index in [1.54, 1.807) is 18.2 Å². The van der Waals surface area contributed by atoms with E-state index in [2.05, 4.69) is 0 Å².